The first kappa shape index (κ1) is 24.6. The molecule has 0 spiro atoms. The number of hydrogen-bond donors (Lipinski definition) is 2. The van der Waals surface area contributed by atoms with Gasteiger partial charge in [0.15, 0.2) is 10.8 Å². The van der Waals surface area contributed by atoms with Crippen molar-refractivity contribution >= 4 is 38.6 Å². The maximum atomic E-state index is 13.1. The molecule has 1 aromatic carbocycles. The van der Waals surface area contributed by atoms with E-state index in [0.717, 1.165) is 30.7 Å². The number of benzene rings is 1. The fourth-order valence-electron chi connectivity index (χ4n) is 4.18. The second kappa shape index (κ2) is 10.9. The van der Waals surface area contributed by atoms with Crippen LogP contribution in [0.5, 0.6) is 5.75 Å². The lowest BCUT2D eigenvalue weighted by Crippen LogP contribution is -2.43. The third kappa shape index (κ3) is 5.61. The van der Waals surface area contributed by atoms with E-state index in [1.165, 1.54) is 22.2 Å². The molecule has 4 rings (SSSR count). The normalized spacial score (nSPS) is 16.7. The highest BCUT2D eigenvalue weighted by atomic mass is 32.1. The van der Waals surface area contributed by atoms with E-state index < -0.39 is 0 Å². The summed E-state index contributed by atoms with van der Waals surface area (Å²) in [7, 11) is 1.60. The van der Waals surface area contributed by atoms with Gasteiger partial charge < -0.3 is 20.3 Å². The van der Waals surface area contributed by atoms with Crippen LogP contribution in [0.4, 0.5) is 5.13 Å². The summed E-state index contributed by atoms with van der Waals surface area (Å²) in [4.78, 5) is 48.9. The molecule has 11 heteroatoms. The van der Waals surface area contributed by atoms with Crippen LogP contribution in [-0.4, -0.2) is 53.1 Å². The van der Waals surface area contributed by atoms with Gasteiger partial charge in [-0.05, 0) is 44.4 Å². The van der Waals surface area contributed by atoms with Crippen LogP contribution in [0.2, 0.25) is 0 Å². The summed E-state index contributed by atoms with van der Waals surface area (Å²) in [6.07, 6.45) is 3.07. The van der Waals surface area contributed by atoms with E-state index in [0.29, 0.717) is 28.6 Å². The fourth-order valence-corrected chi connectivity index (χ4v) is 5.19. The van der Waals surface area contributed by atoms with Gasteiger partial charge in [0.25, 0.3) is 5.56 Å². The molecule has 2 N–H and O–H groups in total. The fraction of sp³-hybridized carbons (Fsp3) is 0.458. The molecule has 0 bridgehead atoms. The third-order valence-electron chi connectivity index (χ3n) is 6.09. The summed E-state index contributed by atoms with van der Waals surface area (Å²) in [6, 6.07) is 7.22. The third-order valence-corrected chi connectivity index (χ3v) is 7.19. The van der Waals surface area contributed by atoms with E-state index in [4.69, 9.17) is 4.74 Å². The number of piperidine rings is 1. The molecule has 3 aromatic rings. The zero-order valence-electron chi connectivity index (χ0n) is 20.1. The minimum absolute atomic E-state index is 0.0497. The van der Waals surface area contributed by atoms with E-state index in [-0.39, 0.29) is 35.9 Å². The van der Waals surface area contributed by atoms with Crippen molar-refractivity contribution in [3.8, 4) is 5.75 Å². The largest absolute Gasteiger partial charge is 0.497 e. The summed E-state index contributed by atoms with van der Waals surface area (Å²) in [6.45, 7) is 5.58. The van der Waals surface area contributed by atoms with Gasteiger partial charge in [-0.1, -0.05) is 23.5 Å². The number of nitrogens with zero attached hydrogens (tertiary/aromatic N) is 4. The molecule has 0 radical (unpaired) electrons. The number of anilines is 1. The number of hydrogen-bond acceptors (Lipinski definition) is 8. The monoisotopic (exact) mass is 498 g/mol. The van der Waals surface area contributed by atoms with Crippen LogP contribution in [0.1, 0.15) is 38.3 Å². The number of carbonyl (C=O) groups is 2. The molecule has 1 aliphatic rings. The maximum Gasteiger partial charge on any atom is 0.273 e. The highest BCUT2D eigenvalue weighted by Crippen LogP contribution is 2.29. The summed E-state index contributed by atoms with van der Waals surface area (Å²) >= 11 is 1.26. The van der Waals surface area contributed by atoms with Crippen molar-refractivity contribution in [3.05, 3.63) is 46.5 Å². The van der Waals surface area contributed by atoms with Crippen molar-refractivity contribution in [2.75, 3.05) is 31.6 Å². The number of carbonyl (C=O) groups excluding carboxylic acids is 2. The van der Waals surface area contributed by atoms with Crippen molar-refractivity contribution < 1.29 is 14.3 Å². The number of aromatic nitrogens is 3. The Morgan fingerprint density at radius 1 is 1.29 bits per heavy atom. The molecular weight excluding hydrogens is 468 g/mol. The van der Waals surface area contributed by atoms with Gasteiger partial charge in [0.05, 0.1) is 19.1 Å². The summed E-state index contributed by atoms with van der Waals surface area (Å²) < 4.78 is 6.87. The van der Waals surface area contributed by atoms with E-state index in [2.05, 4.69) is 20.6 Å². The van der Waals surface area contributed by atoms with Crippen LogP contribution in [0.15, 0.2) is 35.4 Å². The number of rotatable bonds is 8. The average Bonchev–Trinajstić information content (AvgIpc) is 3.31. The molecule has 186 valence electrons. The first-order valence-electron chi connectivity index (χ1n) is 11.7. The molecule has 0 saturated carbocycles. The number of fused-ring (bicyclic) bond motifs is 1. The molecule has 0 aliphatic carbocycles. The summed E-state index contributed by atoms with van der Waals surface area (Å²) in [5, 5.41) is 6.48. The number of nitrogens with one attached hydrogen (secondary N) is 2. The van der Waals surface area contributed by atoms with Crippen LogP contribution in [0.25, 0.3) is 10.3 Å². The lowest BCUT2D eigenvalue weighted by Gasteiger charge is -2.31. The Kier molecular flexibility index (Phi) is 7.64. The Hall–Kier alpha value is -3.47. The first-order chi connectivity index (χ1) is 16.9. The van der Waals surface area contributed by atoms with Crippen molar-refractivity contribution in [1.82, 2.24) is 25.2 Å². The Balaban J connectivity index is 1.45. The second-order valence-corrected chi connectivity index (χ2v) is 9.55. The van der Waals surface area contributed by atoms with Crippen molar-refractivity contribution in [3.63, 3.8) is 0 Å². The van der Waals surface area contributed by atoms with E-state index >= 15 is 0 Å². The van der Waals surface area contributed by atoms with Crippen LogP contribution in [0, 0.1) is 5.92 Å². The van der Waals surface area contributed by atoms with Gasteiger partial charge in [0.1, 0.15) is 23.3 Å². The first-order valence-corrected chi connectivity index (χ1v) is 12.5. The van der Waals surface area contributed by atoms with Crippen LogP contribution < -0.4 is 25.8 Å². The van der Waals surface area contributed by atoms with Crippen LogP contribution in [0.3, 0.4) is 0 Å². The van der Waals surface area contributed by atoms with E-state index in [1.54, 1.807) is 7.11 Å². The quantitative estimate of drug-likeness (QED) is 0.488. The predicted octanol–water partition coefficient (Wildman–Crippen LogP) is 2.09. The topological polar surface area (TPSA) is 118 Å². The second-order valence-electron chi connectivity index (χ2n) is 8.57. The lowest BCUT2D eigenvalue weighted by molar-refractivity contribution is -0.125. The Morgan fingerprint density at radius 2 is 2.06 bits per heavy atom. The summed E-state index contributed by atoms with van der Waals surface area (Å²) in [5.41, 5.74) is 0.987. The number of ether oxygens (including phenoxy) is 1. The highest BCUT2D eigenvalue weighted by molar-refractivity contribution is 7.22. The van der Waals surface area contributed by atoms with Gasteiger partial charge in [-0.25, -0.2) is 4.98 Å². The number of amides is 2. The van der Waals surface area contributed by atoms with Crippen molar-refractivity contribution in [1.29, 1.82) is 0 Å². The van der Waals surface area contributed by atoms with Gasteiger partial charge in [0, 0.05) is 19.6 Å². The molecule has 1 fully saturated rings. The smallest absolute Gasteiger partial charge is 0.273 e. The van der Waals surface area contributed by atoms with Crippen LogP contribution >= 0.6 is 11.3 Å². The predicted molar refractivity (Wildman–Crippen MR) is 135 cm³/mol. The molecular formula is C24H30N6O4S. The average molecular weight is 499 g/mol. The number of methoxy groups -OCH3 is 1. The molecule has 2 aromatic heterocycles. The molecule has 1 saturated heterocycles. The SMILES string of the molecule is CCNC(=O)[C@@H]1CCCN(c2nc3ncn(CC(=O)N[C@@H](C)c4ccc(OC)cc4)c(=O)c3s2)C1. The molecule has 35 heavy (non-hydrogen) atoms. The molecule has 3 heterocycles. The maximum absolute atomic E-state index is 13.1. The molecule has 10 nitrogen and oxygen atoms in total. The standard InChI is InChI=1S/C24H30N6O4S/c1-4-25-22(32)17-6-5-11-29(12-17)24-28-21-20(35-24)23(33)30(14-26-21)13-19(31)27-15(2)16-7-9-18(34-3)10-8-16/h7-10,14-15,17H,4-6,11-13H2,1-3H3,(H,25,32)(H,27,31)/t15-,17+/m0/s1. The molecule has 2 atom stereocenters. The molecule has 2 amide bonds. The van der Waals surface area contributed by atoms with Crippen molar-refractivity contribution in [2.45, 2.75) is 39.3 Å². The lowest BCUT2D eigenvalue weighted by atomic mass is 9.97. The Morgan fingerprint density at radius 3 is 2.77 bits per heavy atom. The van der Waals surface area contributed by atoms with Gasteiger partial charge in [-0.2, -0.15) is 4.98 Å². The Labute approximate surface area is 207 Å². The van der Waals surface area contributed by atoms with Gasteiger partial charge in [0.2, 0.25) is 11.8 Å². The highest BCUT2D eigenvalue weighted by Gasteiger charge is 2.27. The molecule has 0 unspecified atom stereocenters. The minimum Gasteiger partial charge on any atom is -0.497 e. The minimum atomic E-state index is -0.303. The Bertz CT molecular complexity index is 1260. The van der Waals surface area contributed by atoms with E-state index in [1.807, 2.05) is 43.0 Å². The van der Waals surface area contributed by atoms with Gasteiger partial charge in [-0.15, -0.1) is 0 Å². The number of thiazole rings is 1. The van der Waals surface area contributed by atoms with Crippen LogP contribution in [-0.2, 0) is 16.1 Å². The van der Waals surface area contributed by atoms with Gasteiger partial charge >= 0.3 is 0 Å². The van der Waals surface area contributed by atoms with Crippen molar-refractivity contribution in [2.24, 2.45) is 5.92 Å². The van der Waals surface area contributed by atoms with E-state index in [9.17, 15) is 14.4 Å². The zero-order chi connectivity index (χ0) is 24.9. The molecule has 1 aliphatic heterocycles. The summed E-state index contributed by atoms with van der Waals surface area (Å²) in [5.74, 6) is 0.402. The van der Waals surface area contributed by atoms with Gasteiger partial charge in [-0.3, -0.25) is 19.0 Å². The zero-order valence-corrected chi connectivity index (χ0v) is 20.9.